The zero-order chi connectivity index (χ0) is 21.8. The molecule has 12 heteroatoms. The number of phenols is 4. The van der Waals surface area contributed by atoms with Crippen LogP contribution in [0.4, 0.5) is 0 Å². The molecule has 8 N–H and O–H groups in total. The molecule has 0 saturated heterocycles. The molecule has 0 aliphatic carbocycles. The van der Waals surface area contributed by atoms with Crippen molar-refractivity contribution >= 4 is 23.9 Å². The van der Waals surface area contributed by atoms with E-state index in [0.717, 1.165) is 12.1 Å². The first-order valence-corrected chi connectivity index (χ1v) is 6.92. The normalized spacial score (nSPS) is 9.71. The Hall–Kier alpha value is -4.48. The van der Waals surface area contributed by atoms with Crippen LogP contribution >= 0.6 is 0 Å². The molecular formula is C16H12O12. The Morgan fingerprint density at radius 2 is 0.750 bits per heavy atom. The average molecular weight is 396 g/mol. The van der Waals surface area contributed by atoms with Crippen LogP contribution in [0.5, 0.6) is 23.0 Å². The van der Waals surface area contributed by atoms with Crippen molar-refractivity contribution < 1.29 is 60.0 Å². The highest BCUT2D eigenvalue weighted by Crippen LogP contribution is 2.32. The van der Waals surface area contributed by atoms with Gasteiger partial charge in [0.25, 0.3) is 0 Å². The van der Waals surface area contributed by atoms with Crippen molar-refractivity contribution in [3.05, 3.63) is 46.5 Å². The predicted molar refractivity (Wildman–Crippen MR) is 87.4 cm³/mol. The van der Waals surface area contributed by atoms with Crippen LogP contribution in [0, 0.1) is 0 Å². The first kappa shape index (κ1) is 21.6. The Kier molecular flexibility index (Phi) is 6.37. The van der Waals surface area contributed by atoms with Gasteiger partial charge in [-0.25, -0.2) is 19.2 Å². The zero-order valence-electron chi connectivity index (χ0n) is 13.5. The Bertz CT molecular complexity index is 873. The molecule has 0 fully saturated rings. The molecule has 0 saturated carbocycles. The largest absolute Gasteiger partial charge is 0.507 e. The Morgan fingerprint density at radius 3 is 0.964 bits per heavy atom. The van der Waals surface area contributed by atoms with Gasteiger partial charge in [0.2, 0.25) is 0 Å². The minimum absolute atomic E-state index is 0.549. The van der Waals surface area contributed by atoms with Gasteiger partial charge in [0, 0.05) is 0 Å². The van der Waals surface area contributed by atoms with E-state index in [1.165, 1.54) is 0 Å². The third-order valence-corrected chi connectivity index (χ3v) is 3.19. The highest BCUT2D eigenvalue weighted by Gasteiger charge is 2.20. The molecule has 0 aliphatic rings. The molecular weight excluding hydrogens is 384 g/mol. The van der Waals surface area contributed by atoms with Gasteiger partial charge in [-0.1, -0.05) is 0 Å². The summed E-state index contributed by atoms with van der Waals surface area (Å²) in [7, 11) is 0. The molecule has 0 atom stereocenters. The molecule has 0 bridgehead atoms. The molecule has 2 rings (SSSR count). The number of hydrogen-bond acceptors (Lipinski definition) is 8. The maximum atomic E-state index is 10.4. The third kappa shape index (κ3) is 4.57. The summed E-state index contributed by atoms with van der Waals surface area (Å²) in [6.45, 7) is 0. The van der Waals surface area contributed by atoms with Gasteiger partial charge in [-0.2, -0.15) is 0 Å². The van der Waals surface area contributed by atoms with Crippen molar-refractivity contribution in [1.82, 2.24) is 0 Å². The monoisotopic (exact) mass is 396 g/mol. The van der Waals surface area contributed by atoms with E-state index in [9.17, 15) is 19.2 Å². The van der Waals surface area contributed by atoms with Crippen molar-refractivity contribution in [2.75, 3.05) is 0 Å². The van der Waals surface area contributed by atoms with Crippen molar-refractivity contribution in [3.8, 4) is 23.0 Å². The van der Waals surface area contributed by atoms with E-state index in [1.807, 2.05) is 0 Å². The maximum absolute atomic E-state index is 10.4. The van der Waals surface area contributed by atoms with Gasteiger partial charge in [-0.3, -0.25) is 0 Å². The number of carbonyl (C=O) groups is 4. The minimum Gasteiger partial charge on any atom is -0.507 e. The lowest BCUT2D eigenvalue weighted by molar-refractivity contribution is 0.0674. The summed E-state index contributed by atoms with van der Waals surface area (Å²) >= 11 is 0. The first-order valence-electron chi connectivity index (χ1n) is 6.92. The summed E-state index contributed by atoms with van der Waals surface area (Å²) in [4.78, 5) is 41.7. The van der Waals surface area contributed by atoms with Gasteiger partial charge in [0.1, 0.15) is 33.8 Å². The lowest BCUT2D eigenvalue weighted by Gasteiger charge is -2.04. The van der Waals surface area contributed by atoms with Crippen LogP contribution in [0.2, 0.25) is 0 Å². The summed E-state index contributed by atoms with van der Waals surface area (Å²) in [6.07, 6.45) is 0. The van der Waals surface area contributed by atoms with Crippen LogP contribution in [-0.2, 0) is 0 Å². The molecule has 2 aromatic carbocycles. The lowest BCUT2D eigenvalue weighted by atomic mass is 10.1. The Balaban J connectivity index is 0.000000280. The van der Waals surface area contributed by atoms with Gasteiger partial charge < -0.3 is 40.9 Å². The Labute approximate surface area is 154 Å². The lowest BCUT2D eigenvalue weighted by Crippen LogP contribution is -2.01. The van der Waals surface area contributed by atoms with Gasteiger partial charge >= 0.3 is 23.9 Å². The van der Waals surface area contributed by atoms with Crippen molar-refractivity contribution in [2.45, 2.75) is 0 Å². The number of carboxylic acids is 4. The first-order chi connectivity index (χ1) is 12.9. The van der Waals surface area contributed by atoms with Gasteiger partial charge in [0.05, 0.1) is 0 Å². The molecule has 28 heavy (non-hydrogen) atoms. The number of aromatic hydroxyl groups is 4. The average Bonchev–Trinajstić information content (AvgIpc) is 2.58. The van der Waals surface area contributed by atoms with Crippen molar-refractivity contribution in [3.63, 3.8) is 0 Å². The predicted octanol–water partition coefficient (Wildman–Crippen LogP) is 0.988. The second-order valence-corrected chi connectivity index (χ2v) is 4.97. The summed E-state index contributed by atoms with van der Waals surface area (Å²) in [5.41, 5.74) is -2.19. The van der Waals surface area contributed by atoms with Crippen LogP contribution in [0.15, 0.2) is 24.3 Å². The SMILES string of the molecule is O=C(O)c1cc(O)c(C(=O)O)cc1O.O=C(O)c1ccc(C(=O)O)c(O)c1O. The molecule has 0 amide bonds. The van der Waals surface area contributed by atoms with Crippen LogP contribution in [0.1, 0.15) is 41.4 Å². The summed E-state index contributed by atoms with van der Waals surface area (Å²) < 4.78 is 0. The molecule has 0 spiro atoms. The topological polar surface area (TPSA) is 230 Å². The minimum atomic E-state index is -1.45. The van der Waals surface area contributed by atoms with Gasteiger partial charge in [-0.05, 0) is 24.3 Å². The van der Waals surface area contributed by atoms with E-state index in [-0.39, 0.29) is 0 Å². The highest BCUT2D eigenvalue weighted by atomic mass is 16.4. The molecule has 0 radical (unpaired) electrons. The number of carboxylic acid groups (broad SMARTS) is 4. The van der Waals surface area contributed by atoms with E-state index >= 15 is 0 Å². The molecule has 148 valence electrons. The van der Waals surface area contributed by atoms with Gasteiger partial charge in [-0.15, -0.1) is 0 Å². The number of aromatic carboxylic acids is 4. The maximum Gasteiger partial charge on any atom is 0.339 e. The second kappa shape index (κ2) is 8.27. The fourth-order valence-electron chi connectivity index (χ4n) is 1.84. The molecule has 0 heterocycles. The zero-order valence-corrected chi connectivity index (χ0v) is 13.5. The molecule has 2 aromatic rings. The summed E-state index contributed by atoms with van der Waals surface area (Å²) in [6, 6.07) is 3.17. The van der Waals surface area contributed by atoms with Gasteiger partial charge in [0.15, 0.2) is 11.5 Å². The van der Waals surface area contributed by atoms with E-state index in [1.54, 1.807) is 0 Å². The van der Waals surface area contributed by atoms with E-state index < -0.39 is 69.1 Å². The van der Waals surface area contributed by atoms with Crippen LogP contribution in [0.25, 0.3) is 0 Å². The summed E-state index contributed by atoms with van der Waals surface area (Å²) in [5.74, 6) is -9.09. The summed E-state index contributed by atoms with van der Waals surface area (Å²) in [5, 5.41) is 70.4. The quantitative estimate of drug-likeness (QED) is 0.267. The number of hydrogen-bond donors (Lipinski definition) is 8. The second-order valence-electron chi connectivity index (χ2n) is 4.97. The standard InChI is InChI=1S/2C8H6O6/c9-5-1-3(7(11)12)6(10)2-4(5)8(13)14;9-5-3(7(11)12)1-2-4(6(5)10)8(13)14/h2*1-2,9-10H,(H,11,12)(H,13,14). The van der Waals surface area contributed by atoms with E-state index in [4.69, 9.17) is 40.9 Å². The van der Waals surface area contributed by atoms with Crippen molar-refractivity contribution in [1.29, 1.82) is 0 Å². The van der Waals surface area contributed by atoms with E-state index in [0.29, 0.717) is 12.1 Å². The molecule has 12 nitrogen and oxygen atoms in total. The smallest absolute Gasteiger partial charge is 0.339 e. The van der Waals surface area contributed by atoms with Crippen LogP contribution in [0.3, 0.4) is 0 Å². The molecule has 0 unspecified atom stereocenters. The molecule has 0 aliphatic heterocycles. The Morgan fingerprint density at radius 1 is 0.500 bits per heavy atom. The fourth-order valence-corrected chi connectivity index (χ4v) is 1.84. The number of rotatable bonds is 4. The fraction of sp³-hybridized carbons (Fsp3) is 0. The van der Waals surface area contributed by atoms with Crippen molar-refractivity contribution in [2.24, 2.45) is 0 Å². The highest BCUT2D eigenvalue weighted by molar-refractivity contribution is 5.98. The molecule has 0 aromatic heterocycles. The van der Waals surface area contributed by atoms with E-state index in [2.05, 4.69) is 0 Å². The van der Waals surface area contributed by atoms with Crippen LogP contribution < -0.4 is 0 Å². The third-order valence-electron chi connectivity index (χ3n) is 3.19. The number of benzene rings is 2. The van der Waals surface area contributed by atoms with Crippen LogP contribution in [-0.4, -0.2) is 64.7 Å².